The third-order valence-corrected chi connectivity index (χ3v) is 4.54. The van der Waals surface area contributed by atoms with E-state index in [0.29, 0.717) is 5.69 Å². The summed E-state index contributed by atoms with van der Waals surface area (Å²) in [6.07, 6.45) is 0.734. The Balaban J connectivity index is 1.70. The third kappa shape index (κ3) is 3.39. The normalized spacial score (nSPS) is 16.7. The zero-order chi connectivity index (χ0) is 15.5. The fourth-order valence-corrected chi connectivity index (χ4v) is 3.48. The molecule has 0 aliphatic carbocycles. The first-order chi connectivity index (χ1) is 10.6. The van der Waals surface area contributed by atoms with Crippen molar-refractivity contribution in [3.8, 4) is 0 Å². The number of halogens is 2. The highest BCUT2D eigenvalue weighted by atomic mass is 32.2. The van der Waals surface area contributed by atoms with E-state index in [9.17, 15) is 13.6 Å². The summed E-state index contributed by atoms with van der Waals surface area (Å²) >= 11 is 1.65. The molecule has 0 aromatic heterocycles. The zero-order valence-corrected chi connectivity index (χ0v) is 12.4. The Morgan fingerprint density at radius 1 is 1.09 bits per heavy atom. The summed E-state index contributed by atoms with van der Waals surface area (Å²) in [6.45, 7) is 0. The molecular weight excluding hydrogens is 306 g/mol. The molecule has 1 atom stereocenters. The minimum absolute atomic E-state index is 0.229. The first-order valence-corrected chi connectivity index (χ1v) is 7.86. The van der Waals surface area contributed by atoms with E-state index in [2.05, 4.69) is 10.6 Å². The van der Waals surface area contributed by atoms with E-state index in [1.165, 1.54) is 36.4 Å². The molecule has 3 nitrogen and oxygen atoms in total. The highest BCUT2D eigenvalue weighted by molar-refractivity contribution is 7.99. The number of amides is 2. The number of benzene rings is 2. The van der Waals surface area contributed by atoms with Gasteiger partial charge in [-0.05, 0) is 54.4 Å². The number of hydrogen-bond acceptors (Lipinski definition) is 2. The molecule has 0 spiro atoms. The van der Waals surface area contributed by atoms with Crippen LogP contribution in [0.15, 0.2) is 47.4 Å². The number of fused-ring (bicyclic) bond motifs is 1. The van der Waals surface area contributed by atoms with Gasteiger partial charge in [0.2, 0.25) is 0 Å². The van der Waals surface area contributed by atoms with E-state index in [0.717, 1.165) is 22.6 Å². The zero-order valence-electron chi connectivity index (χ0n) is 11.6. The predicted molar refractivity (Wildman–Crippen MR) is 83.0 cm³/mol. The van der Waals surface area contributed by atoms with E-state index in [4.69, 9.17) is 0 Å². The first-order valence-electron chi connectivity index (χ1n) is 6.87. The van der Waals surface area contributed by atoms with Crippen molar-refractivity contribution < 1.29 is 13.6 Å². The van der Waals surface area contributed by atoms with Crippen LogP contribution in [0.5, 0.6) is 0 Å². The van der Waals surface area contributed by atoms with Crippen LogP contribution in [0.4, 0.5) is 19.3 Å². The Hall–Kier alpha value is -2.08. The minimum atomic E-state index is -0.390. The van der Waals surface area contributed by atoms with Crippen molar-refractivity contribution >= 4 is 23.5 Å². The summed E-state index contributed by atoms with van der Waals surface area (Å²) in [6, 6.07) is 9.53. The Kier molecular flexibility index (Phi) is 4.29. The number of hydrogen-bond donors (Lipinski definition) is 2. The van der Waals surface area contributed by atoms with E-state index < -0.39 is 6.03 Å². The van der Waals surface area contributed by atoms with E-state index in [1.54, 1.807) is 17.8 Å². The van der Waals surface area contributed by atoms with Gasteiger partial charge in [0.1, 0.15) is 11.6 Å². The van der Waals surface area contributed by atoms with Gasteiger partial charge >= 0.3 is 6.03 Å². The SMILES string of the molecule is O=C(Nc1ccc(F)cc1)NC1CCSc2ccc(F)cc21. The van der Waals surface area contributed by atoms with E-state index in [-0.39, 0.29) is 17.7 Å². The number of thioether (sulfide) groups is 1. The van der Waals surface area contributed by atoms with Crippen molar-refractivity contribution in [1.29, 1.82) is 0 Å². The molecule has 0 radical (unpaired) electrons. The fourth-order valence-electron chi connectivity index (χ4n) is 2.37. The standard InChI is InChI=1S/C16H14F2N2OS/c17-10-1-4-12(5-2-10)19-16(21)20-14-7-8-22-15-6-3-11(18)9-13(14)15/h1-6,9,14H,7-8H2,(H2,19,20,21). The number of carbonyl (C=O) groups is 1. The molecule has 2 aromatic carbocycles. The van der Waals surface area contributed by atoms with Crippen LogP contribution in [-0.2, 0) is 0 Å². The number of rotatable bonds is 2. The van der Waals surface area contributed by atoms with Crippen LogP contribution in [0.3, 0.4) is 0 Å². The van der Waals surface area contributed by atoms with Gasteiger partial charge in [0.05, 0.1) is 6.04 Å². The highest BCUT2D eigenvalue weighted by Gasteiger charge is 2.22. The lowest BCUT2D eigenvalue weighted by molar-refractivity contribution is 0.248. The first kappa shape index (κ1) is 14.8. The van der Waals surface area contributed by atoms with Gasteiger partial charge in [0, 0.05) is 16.3 Å². The minimum Gasteiger partial charge on any atom is -0.331 e. The lowest BCUT2D eigenvalue weighted by Gasteiger charge is -2.26. The molecule has 0 saturated carbocycles. The molecule has 1 unspecified atom stereocenters. The maximum Gasteiger partial charge on any atom is 0.319 e. The molecule has 2 aromatic rings. The molecule has 6 heteroatoms. The van der Waals surface area contributed by atoms with Crippen molar-refractivity contribution in [2.24, 2.45) is 0 Å². The third-order valence-electron chi connectivity index (χ3n) is 3.42. The summed E-state index contributed by atoms with van der Waals surface area (Å²) in [7, 11) is 0. The quantitative estimate of drug-likeness (QED) is 0.865. The Morgan fingerprint density at radius 2 is 1.82 bits per heavy atom. The van der Waals surface area contributed by atoms with Crippen molar-refractivity contribution in [1.82, 2.24) is 5.32 Å². The van der Waals surface area contributed by atoms with Gasteiger partial charge < -0.3 is 10.6 Å². The second-order valence-corrected chi connectivity index (χ2v) is 6.11. The lowest BCUT2D eigenvalue weighted by Crippen LogP contribution is -2.34. The van der Waals surface area contributed by atoms with Crippen molar-refractivity contribution in [3.05, 3.63) is 59.7 Å². The largest absolute Gasteiger partial charge is 0.331 e. The van der Waals surface area contributed by atoms with E-state index >= 15 is 0 Å². The molecular formula is C16H14F2N2OS. The van der Waals surface area contributed by atoms with Crippen molar-refractivity contribution in [3.63, 3.8) is 0 Å². The average Bonchev–Trinajstić information content (AvgIpc) is 2.50. The van der Waals surface area contributed by atoms with Gasteiger partial charge in [-0.3, -0.25) is 0 Å². The second kappa shape index (κ2) is 6.36. The molecule has 114 valence electrons. The molecule has 22 heavy (non-hydrogen) atoms. The van der Waals surface area contributed by atoms with Crippen LogP contribution in [-0.4, -0.2) is 11.8 Å². The van der Waals surface area contributed by atoms with Gasteiger partial charge in [-0.2, -0.15) is 0 Å². The van der Waals surface area contributed by atoms with Crippen LogP contribution >= 0.6 is 11.8 Å². The number of anilines is 1. The lowest BCUT2D eigenvalue weighted by atomic mass is 10.0. The molecule has 1 aliphatic rings. The monoisotopic (exact) mass is 320 g/mol. The highest BCUT2D eigenvalue weighted by Crippen LogP contribution is 2.36. The van der Waals surface area contributed by atoms with E-state index in [1.807, 2.05) is 0 Å². The van der Waals surface area contributed by atoms with Crippen LogP contribution in [0.2, 0.25) is 0 Å². The molecule has 0 saturated heterocycles. The molecule has 1 heterocycles. The molecule has 0 fully saturated rings. The number of urea groups is 1. The summed E-state index contributed by atoms with van der Waals surface area (Å²) in [4.78, 5) is 13.0. The molecule has 1 aliphatic heterocycles. The molecule has 2 amide bonds. The predicted octanol–water partition coefficient (Wildman–Crippen LogP) is 4.32. The smallest absolute Gasteiger partial charge is 0.319 e. The Labute approximate surface area is 131 Å². The van der Waals surface area contributed by atoms with Crippen LogP contribution in [0.1, 0.15) is 18.0 Å². The van der Waals surface area contributed by atoms with Crippen LogP contribution in [0.25, 0.3) is 0 Å². The van der Waals surface area contributed by atoms with Crippen molar-refractivity contribution in [2.75, 3.05) is 11.1 Å². The Morgan fingerprint density at radius 3 is 2.59 bits per heavy atom. The second-order valence-electron chi connectivity index (χ2n) is 4.98. The summed E-state index contributed by atoms with van der Waals surface area (Å²) in [5.74, 6) is 0.187. The average molecular weight is 320 g/mol. The van der Waals surface area contributed by atoms with Gasteiger partial charge in [-0.15, -0.1) is 11.8 Å². The number of nitrogens with one attached hydrogen (secondary N) is 2. The fraction of sp³-hybridized carbons (Fsp3) is 0.188. The molecule has 2 N–H and O–H groups in total. The van der Waals surface area contributed by atoms with Gasteiger partial charge in [-0.1, -0.05) is 0 Å². The Bertz CT molecular complexity index is 691. The molecule has 0 bridgehead atoms. The van der Waals surface area contributed by atoms with Crippen LogP contribution in [0, 0.1) is 11.6 Å². The van der Waals surface area contributed by atoms with Gasteiger partial charge in [0.25, 0.3) is 0 Å². The van der Waals surface area contributed by atoms with Crippen molar-refractivity contribution in [2.45, 2.75) is 17.4 Å². The van der Waals surface area contributed by atoms with Gasteiger partial charge in [-0.25, -0.2) is 13.6 Å². The maximum absolute atomic E-state index is 13.4. The van der Waals surface area contributed by atoms with Crippen LogP contribution < -0.4 is 10.6 Å². The summed E-state index contributed by atoms with van der Waals surface area (Å²) < 4.78 is 26.3. The topological polar surface area (TPSA) is 41.1 Å². The molecule has 3 rings (SSSR count). The van der Waals surface area contributed by atoms with Gasteiger partial charge in [0.15, 0.2) is 0 Å². The summed E-state index contributed by atoms with van der Waals surface area (Å²) in [5, 5.41) is 5.49. The summed E-state index contributed by atoms with van der Waals surface area (Å²) in [5.41, 5.74) is 1.30. The number of carbonyl (C=O) groups excluding carboxylic acids is 1. The maximum atomic E-state index is 13.4.